The van der Waals surface area contributed by atoms with Gasteiger partial charge in [0.2, 0.25) is 5.91 Å². The summed E-state index contributed by atoms with van der Waals surface area (Å²) in [5, 5.41) is 2.59. The molecule has 0 spiro atoms. The minimum Gasteiger partial charge on any atom is -0.450 e. The Labute approximate surface area is 191 Å². The summed E-state index contributed by atoms with van der Waals surface area (Å²) >= 11 is 1.40. The molecule has 8 heteroatoms. The van der Waals surface area contributed by atoms with Crippen LogP contribution >= 0.6 is 11.8 Å². The van der Waals surface area contributed by atoms with E-state index in [4.69, 9.17) is 15.7 Å². The standard InChI is InChI=1S/C22H25N3O4S/c1-2-29-22(27)23-16-7-8-20-18(15-16)25(17-5-3-4-6-19(17)30-20)21(26)9-10-24-11-13-28-14-12-24/h3-8,15H,2,9-14H2,1H3,(H,23,27)/i11D2,12D2,13D2,14D2. The normalized spacial score (nSPS) is 26.5. The summed E-state index contributed by atoms with van der Waals surface area (Å²) in [5.74, 6) is -0.577. The van der Waals surface area contributed by atoms with Crippen molar-refractivity contribution in [2.24, 2.45) is 0 Å². The predicted molar refractivity (Wildman–Crippen MR) is 117 cm³/mol. The maximum Gasteiger partial charge on any atom is 0.411 e. The molecule has 0 atom stereocenters. The maximum absolute atomic E-state index is 13.7. The Morgan fingerprint density at radius 2 is 1.93 bits per heavy atom. The third kappa shape index (κ3) is 4.61. The molecule has 2 aromatic rings. The minimum absolute atomic E-state index is 0.170. The molecular formula is C22H25N3O4S. The summed E-state index contributed by atoms with van der Waals surface area (Å²) in [6, 6.07) is 12.0. The summed E-state index contributed by atoms with van der Waals surface area (Å²) in [6.07, 6.45) is -1.16. The molecule has 2 aromatic carbocycles. The number of rotatable bonds is 5. The van der Waals surface area contributed by atoms with Crippen LogP contribution in [0, 0.1) is 0 Å². The van der Waals surface area contributed by atoms with Crippen LogP contribution in [0.5, 0.6) is 0 Å². The summed E-state index contributed by atoms with van der Waals surface area (Å²) < 4.78 is 73.6. The van der Waals surface area contributed by atoms with Crippen LogP contribution in [0.1, 0.15) is 24.3 Å². The van der Waals surface area contributed by atoms with Crippen molar-refractivity contribution >= 4 is 40.8 Å². The lowest BCUT2D eigenvalue weighted by Crippen LogP contribution is -2.39. The molecule has 2 aliphatic rings. The van der Waals surface area contributed by atoms with E-state index in [9.17, 15) is 9.59 Å². The summed E-state index contributed by atoms with van der Waals surface area (Å²) in [5.41, 5.74) is 1.30. The van der Waals surface area contributed by atoms with Crippen molar-refractivity contribution < 1.29 is 30.0 Å². The number of benzene rings is 2. The van der Waals surface area contributed by atoms with Crippen LogP contribution in [0.2, 0.25) is 0 Å². The van der Waals surface area contributed by atoms with Crippen molar-refractivity contribution in [3.63, 3.8) is 0 Å². The number of fused-ring (bicyclic) bond motifs is 2. The van der Waals surface area contributed by atoms with Gasteiger partial charge in [0.1, 0.15) is 0 Å². The molecule has 2 aliphatic heterocycles. The molecule has 1 saturated heterocycles. The van der Waals surface area contributed by atoms with Gasteiger partial charge in [-0.1, -0.05) is 23.9 Å². The fourth-order valence-corrected chi connectivity index (χ4v) is 4.06. The first-order valence-corrected chi connectivity index (χ1v) is 10.1. The first kappa shape index (κ1) is 13.0. The van der Waals surface area contributed by atoms with Crippen LogP contribution in [-0.2, 0) is 14.3 Å². The second-order valence-electron chi connectivity index (χ2n) is 6.26. The Balaban J connectivity index is 1.67. The highest BCUT2D eigenvalue weighted by atomic mass is 32.2. The zero-order chi connectivity index (χ0) is 28.1. The van der Waals surface area contributed by atoms with Gasteiger partial charge in [-0.05, 0) is 37.3 Å². The lowest BCUT2D eigenvalue weighted by atomic mass is 10.2. The van der Waals surface area contributed by atoms with Gasteiger partial charge >= 0.3 is 6.09 Å². The van der Waals surface area contributed by atoms with Crippen molar-refractivity contribution in [1.29, 1.82) is 0 Å². The van der Waals surface area contributed by atoms with E-state index in [0.717, 1.165) is 4.90 Å². The van der Waals surface area contributed by atoms with Crippen LogP contribution in [0.15, 0.2) is 52.3 Å². The van der Waals surface area contributed by atoms with Gasteiger partial charge in [0.05, 0.1) is 36.6 Å². The van der Waals surface area contributed by atoms with Crippen LogP contribution in [-0.4, -0.2) is 56.2 Å². The third-order valence-electron chi connectivity index (χ3n) is 4.31. The number of nitrogens with zero attached hydrogens (tertiary/aromatic N) is 2. The summed E-state index contributed by atoms with van der Waals surface area (Å²) in [4.78, 5) is 28.8. The highest BCUT2D eigenvalue weighted by molar-refractivity contribution is 7.99. The number of hydrogen-bond donors (Lipinski definition) is 1. The number of anilines is 3. The van der Waals surface area contributed by atoms with Crippen LogP contribution in [0.3, 0.4) is 0 Å². The largest absolute Gasteiger partial charge is 0.450 e. The Bertz CT molecular complexity index is 1240. The number of nitrogens with one attached hydrogen (secondary N) is 1. The second-order valence-corrected chi connectivity index (χ2v) is 7.34. The average Bonchev–Trinajstić information content (AvgIpc) is 2.81. The Morgan fingerprint density at radius 3 is 2.73 bits per heavy atom. The highest BCUT2D eigenvalue weighted by Gasteiger charge is 2.29. The van der Waals surface area contributed by atoms with Crippen LogP contribution in [0.4, 0.5) is 21.9 Å². The molecule has 0 saturated carbocycles. The predicted octanol–water partition coefficient (Wildman–Crippen LogP) is 4.11. The lowest BCUT2D eigenvalue weighted by Gasteiger charge is -2.32. The Kier molecular flexibility index (Phi) is 4.12. The second kappa shape index (κ2) is 9.51. The van der Waals surface area contributed by atoms with E-state index in [1.165, 1.54) is 16.7 Å². The lowest BCUT2D eigenvalue weighted by molar-refractivity contribution is -0.118. The Hall–Kier alpha value is -2.55. The van der Waals surface area contributed by atoms with E-state index in [1.54, 1.807) is 43.3 Å². The van der Waals surface area contributed by atoms with Crippen molar-refractivity contribution in [3.05, 3.63) is 42.5 Å². The van der Waals surface area contributed by atoms with E-state index >= 15 is 0 Å². The average molecular weight is 436 g/mol. The number of hydrogen-bond acceptors (Lipinski definition) is 6. The molecule has 7 nitrogen and oxygen atoms in total. The smallest absolute Gasteiger partial charge is 0.411 e. The molecule has 30 heavy (non-hydrogen) atoms. The van der Waals surface area contributed by atoms with Gasteiger partial charge in [-0.2, -0.15) is 0 Å². The topological polar surface area (TPSA) is 71.1 Å². The van der Waals surface area contributed by atoms with Gasteiger partial charge in [0, 0.05) is 46.9 Å². The molecule has 2 heterocycles. The highest BCUT2D eigenvalue weighted by Crippen LogP contribution is 2.49. The molecule has 0 bridgehead atoms. The fraction of sp³-hybridized carbons (Fsp3) is 0.364. The molecule has 0 unspecified atom stereocenters. The third-order valence-corrected chi connectivity index (χ3v) is 5.44. The van der Waals surface area contributed by atoms with Gasteiger partial charge < -0.3 is 9.47 Å². The number of carbonyl (C=O) groups is 2. The zero-order valence-corrected chi connectivity index (χ0v) is 16.9. The number of amides is 2. The zero-order valence-electron chi connectivity index (χ0n) is 24.1. The maximum atomic E-state index is 13.7. The molecule has 1 fully saturated rings. The number of ether oxygens (including phenoxy) is 2. The monoisotopic (exact) mass is 435 g/mol. The number of para-hydroxylation sites is 1. The summed E-state index contributed by atoms with van der Waals surface area (Å²) in [6.45, 7) is -11.4. The van der Waals surface area contributed by atoms with Crippen molar-refractivity contribution in [3.8, 4) is 0 Å². The van der Waals surface area contributed by atoms with E-state index < -0.39 is 51.1 Å². The molecule has 158 valence electrons. The molecule has 4 rings (SSSR count). The number of carbonyl (C=O) groups excluding carboxylic acids is 2. The molecule has 1 N–H and O–H groups in total. The first-order valence-electron chi connectivity index (χ1n) is 13.3. The Morgan fingerprint density at radius 1 is 1.17 bits per heavy atom. The molecule has 0 radical (unpaired) electrons. The number of morpholine rings is 1. The quantitative estimate of drug-likeness (QED) is 0.762. The molecule has 2 amide bonds. The van der Waals surface area contributed by atoms with E-state index in [1.807, 2.05) is 6.07 Å². The van der Waals surface area contributed by atoms with Crippen LogP contribution in [0.25, 0.3) is 0 Å². The van der Waals surface area contributed by atoms with E-state index in [0.29, 0.717) is 26.9 Å². The van der Waals surface area contributed by atoms with Crippen LogP contribution < -0.4 is 10.2 Å². The SMILES string of the molecule is [2H]C1([2H])OC([2H])([2H])C([2H])([2H])N(CCC(=O)N2c3ccccc3Sc3ccc(NC(=O)OCC)cc32)C1([2H])[2H]. The summed E-state index contributed by atoms with van der Waals surface area (Å²) in [7, 11) is 0. The van der Waals surface area contributed by atoms with E-state index in [-0.39, 0.29) is 6.61 Å². The fourth-order valence-electron chi connectivity index (χ4n) is 3.03. The van der Waals surface area contributed by atoms with Gasteiger partial charge in [-0.15, -0.1) is 0 Å². The molecule has 0 aliphatic carbocycles. The van der Waals surface area contributed by atoms with Gasteiger partial charge in [0.25, 0.3) is 0 Å². The first-order chi connectivity index (χ1) is 17.6. The molecular weight excluding hydrogens is 402 g/mol. The van der Waals surface area contributed by atoms with Crippen molar-refractivity contribution in [2.75, 3.05) is 49.5 Å². The van der Waals surface area contributed by atoms with Gasteiger partial charge in [0.15, 0.2) is 0 Å². The van der Waals surface area contributed by atoms with Gasteiger partial charge in [-0.3, -0.25) is 19.9 Å². The van der Waals surface area contributed by atoms with E-state index in [2.05, 4.69) is 10.1 Å². The van der Waals surface area contributed by atoms with Gasteiger partial charge in [-0.25, -0.2) is 4.79 Å². The molecule has 0 aromatic heterocycles. The van der Waals surface area contributed by atoms with Crippen molar-refractivity contribution in [1.82, 2.24) is 4.90 Å². The minimum atomic E-state index is -3.19. The van der Waals surface area contributed by atoms with Crippen molar-refractivity contribution in [2.45, 2.75) is 23.1 Å².